The molecule has 1 aromatic rings. The van der Waals surface area contributed by atoms with Gasteiger partial charge in [-0.2, -0.15) is 0 Å². The minimum atomic E-state index is -0.239. The maximum atomic E-state index is 9.49. The molecule has 0 bridgehead atoms. The molecule has 2 unspecified atom stereocenters. The summed E-state index contributed by atoms with van der Waals surface area (Å²) in [6, 6.07) is 10.1. The summed E-state index contributed by atoms with van der Waals surface area (Å²) in [4.78, 5) is 0. The first-order chi connectivity index (χ1) is 10.1. The average molecular weight is 286 g/mol. The molecule has 0 spiro atoms. The minimum absolute atomic E-state index is 0.103. The fraction of sp³-hybridized carbons (Fsp3) is 0.474. The van der Waals surface area contributed by atoms with E-state index in [1.807, 2.05) is 32.0 Å². The van der Waals surface area contributed by atoms with Gasteiger partial charge in [-0.15, -0.1) is 0 Å². The second kappa shape index (κ2) is 10.2. The Bertz CT molecular complexity index is 467. The van der Waals surface area contributed by atoms with Gasteiger partial charge in [0.2, 0.25) is 0 Å². The van der Waals surface area contributed by atoms with E-state index in [2.05, 4.69) is 30.6 Å². The maximum Gasteiger partial charge on any atom is 0.0720 e. The smallest absolute Gasteiger partial charge is 0.0720 e. The van der Waals surface area contributed by atoms with Crippen molar-refractivity contribution in [2.45, 2.75) is 58.3 Å². The van der Waals surface area contributed by atoms with Crippen LogP contribution in [0.5, 0.6) is 0 Å². The summed E-state index contributed by atoms with van der Waals surface area (Å²) in [6.07, 6.45) is 2.85. The lowest BCUT2D eigenvalue weighted by atomic mass is 10.1. The highest BCUT2D eigenvalue weighted by Gasteiger charge is 2.02. The zero-order valence-corrected chi connectivity index (χ0v) is 13.1. The van der Waals surface area contributed by atoms with Gasteiger partial charge in [-0.05, 0) is 37.3 Å². The Labute approximate surface area is 128 Å². The van der Waals surface area contributed by atoms with Gasteiger partial charge in [-0.1, -0.05) is 55.7 Å². The molecule has 0 aromatic heterocycles. The third-order valence-corrected chi connectivity index (χ3v) is 3.28. The van der Waals surface area contributed by atoms with Crippen LogP contribution in [0.4, 0.5) is 0 Å². The van der Waals surface area contributed by atoms with Crippen LogP contribution in [-0.2, 0) is 11.3 Å². The van der Waals surface area contributed by atoms with E-state index in [-0.39, 0.29) is 12.2 Å². The number of hydrogen-bond acceptors (Lipinski definition) is 2. The Hall–Kier alpha value is -1.56. The molecule has 0 aliphatic heterocycles. The first kappa shape index (κ1) is 17.5. The lowest BCUT2D eigenvalue weighted by molar-refractivity contribution is 0.0566. The van der Waals surface area contributed by atoms with Gasteiger partial charge in [0.25, 0.3) is 0 Å². The molecule has 2 nitrogen and oxygen atoms in total. The fourth-order valence-corrected chi connectivity index (χ4v) is 1.80. The summed E-state index contributed by atoms with van der Waals surface area (Å²) < 4.78 is 5.75. The summed E-state index contributed by atoms with van der Waals surface area (Å²) >= 11 is 0. The molecular formula is C19H26O2. The third-order valence-electron chi connectivity index (χ3n) is 3.28. The Kier molecular flexibility index (Phi) is 8.50. The van der Waals surface area contributed by atoms with Crippen LogP contribution in [-0.4, -0.2) is 17.3 Å². The Balaban J connectivity index is 2.22. The van der Waals surface area contributed by atoms with Crippen molar-refractivity contribution in [1.29, 1.82) is 0 Å². The molecule has 1 N–H and O–H groups in total. The van der Waals surface area contributed by atoms with E-state index < -0.39 is 0 Å². The highest BCUT2D eigenvalue weighted by molar-refractivity contribution is 5.25. The summed E-state index contributed by atoms with van der Waals surface area (Å²) in [5, 5.41) is 9.49. The van der Waals surface area contributed by atoms with Gasteiger partial charge >= 0.3 is 0 Å². The molecule has 1 rings (SSSR count). The number of benzene rings is 1. The zero-order valence-electron chi connectivity index (χ0n) is 13.1. The van der Waals surface area contributed by atoms with Crippen LogP contribution in [0.3, 0.4) is 0 Å². The van der Waals surface area contributed by atoms with Crippen molar-refractivity contribution < 1.29 is 9.84 Å². The monoisotopic (exact) mass is 286 g/mol. The summed E-state index contributed by atoms with van der Waals surface area (Å²) in [7, 11) is 0. The maximum absolute atomic E-state index is 9.49. The molecule has 0 fully saturated rings. The molecule has 0 saturated heterocycles. The van der Waals surface area contributed by atoms with Gasteiger partial charge in [0.05, 0.1) is 18.8 Å². The molecule has 0 heterocycles. The number of ether oxygens (including phenoxy) is 1. The summed E-state index contributed by atoms with van der Waals surface area (Å²) in [5.41, 5.74) is 2.06. The summed E-state index contributed by atoms with van der Waals surface area (Å²) in [5.74, 6) is 6.16. The number of rotatable bonds is 8. The molecule has 1 aromatic carbocycles. The van der Waals surface area contributed by atoms with Crippen molar-refractivity contribution in [3.05, 3.63) is 48.0 Å². The third kappa shape index (κ3) is 8.34. The van der Waals surface area contributed by atoms with Crippen LogP contribution < -0.4 is 0 Å². The van der Waals surface area contributed by atoms with Crippen LogP contribution in [0.25, 0.3) is 0 Å². The van der Waals surface area contributed by atoms with E-state index in [4.69, 9.17) is 4.74 Å². The van der Waals surface area contributed by atoms with E-state index in [0.29, 0.717) is 13.0 Å². The summed E-state index contributed by atoms with van der Waals surface area (Å²) in [6.45, 7) is 8.55. The van der Waals surface area contributed by atoms with Crippen molar-refractivity contribution >= 4 is 0 Å². The lowest BCUT2D eigenvalue weighted by Gasteiger charge is -2.10. The minimum Gasteiger partial charge on any atom is -0.393 e. The average Bonchev–Trinajstić information content (AvgIpc) is 2.51. The Morgan fingerprint density at radius 2 is 2.05 bits per heavy atom. The standard InChI is InChI=1S/C19H26O2/c1-4-19(20)14-13-16(2)9-8-10-17(3)21-15-18-11-6-5-7-12-18/h5-7,11-12,17,19-20H,2,4,10,13-15H2,1,3H3. The highest BCUT2D eigenvalue weighted by Crippen LogP contribution is 2.08. The van der Waals surface area contributed by atoms with Crippen LogP contribution in [0.2, 0.25) is 0 Å². The second-order valence-electron chi connectivity index (χ2n) is 5.32. The van der Waals surface area contributed by atoms with Gasteiger partial charge in [-0.3, -0.25) is 0 Å². The van der Waals surface area contributed by atoms with Crippen molar-refractivity contribution in [3.8, 4) is 11.8 Å². The van der Waals surface area contributed by atoms with Crippen LogP contribution in [0, 0.1) is 11.8 Å². The van der Waals surface area contributed by atoms with E-state index in [1.165, 1.54) is 5.56 Å². The predicted octanol–water partition coefficient (Wildman–Crippen LogP) is 4.09. The quantitative estimate of drug-likeness (QED) is 0.729. The molecule has 0 saturated carbocycles. The number of aliphatic hydroxyl groups is 1. The second-order valence-corrected chi connectivity index (χ2v) is 5.32. The molecular weight excluding hydrogens is 260 g/mol. The molecule has 2 heteroatoms. The topological polar surface area (TPSA) is 29.5 Å². The molecule has 21 heavy (non-hydrogen) atoms. The van der Waals surface area contributed by atoms with E-state index >= 15 is 0 Å². The van der Waals surface area contributed by atoms with Gasteiger partial charge < -0.3 is 9.84 Å². The highest BCUT2D eigenvalue weighted by atomic mass is 16.5. The van der Waals surface area contributed by atoms with Gasteiger partial charge in [0, 0.05) is 6.42 Å². The molecule has 0 amide bonds. The molecule has 0 radical (unpaired) electrons. The van der Waals surface area contributed by atoms with Gasteiger partial charge in [0.1, 0.15) is 0 Å². The van der Waals surface area contributed by atoms with Crippen molar-refractivity contribution in [2.75, 3.05) is 0 Å². The Morgan fingerprint density at radius 1 is 1.33 bits per heavy atom. The molecule has 0 aliphatic carbocycles. The predicted molar refractivity (Wildman–Crippen MR) is 87.8 cm³/mol. The normalized spacial score (nSPS) is 13.1. The lowest BCUT2D eigenvalue weighted by Crippen LogP contribution is -2.07. The zero-order chi connectivity index (χ0) is 15.5. The van der Waals surface area contributed by atoms with Crippen LogP contribution in [0.1, 0.15) is 45.1 Å². The molecule has 114 valence electrons. The van der Waals surface area contributed by atoms with E-state index in [0.717, 1.165) is 24.8 Å². The van der Waals surface area contributed by atoms with E-state index in [1.54, 1.807) is 0 Å². The van der Waals surface area contributed by atoms with Crippen molar-refractivity contribution in [3.63, 3.8) is 0 Å². The first-order valence-electron chi connectivity index (χ1n) is 7.62. The molecule has 2 atom stereocenters. The number of allylic oxidation sites excluding steroid dienone is 1. The van der Waals surface area contributed by atoms with Crippen LogP contribution in [0.15, 0.2) is 42.5 Å². The van der Waals surface area contributed by atoms with Gasteiger partial charge in [-0.25, -0.2) is 0 Å². The number of aliphatic hydroxyl groups excluding tert-OH is 1. The van der Waals surface area contributed by atoms with Crippen molar-refractivity contribution in [1.82, 2.24) is 0 Å². The van der Waals surface area contributed by atoms with E-state index in [9.17, 15) is 5.11 Å². The van der Waals surface area contributed by atoms with Gasteiger partial charge in [0.15, 0.2) is 0 Å². The fourth-order valence-electron chi connectivity index (χ4n) is 1.80. The van der Waals surface area contributed by atoms with Crippen molar-refractivity contribution in [2.24, 2.45) is 0 Å². The van der Waals surface area contributed by atoms with Crippen LogP contribution >= 0.6 is 0 Å². The largest absolute Gasteiger partial charge is 0.393 e. The Morgan fingerprint density at radius 3 is 2.71 bits per heavy atom. The first-order valence-corrected chi connectivity index (χ1v) is 7.62. The SMILES string of the molecule is C=C(C#CCC(C)OCc1ccccc1)CCC(O)CC. The molecule has 0 aliphatic rings. The number of hydrogen-bond donors (Lipinski definition) is 1.